The molecule has 0 spiro atoms. The van der Waals surface area contributed by atoms with Crippen LogP contribution in [0.25, 0.3) is 16.6 Å². The number of para-hydroxylation sites is 1. The molecule has 1 atom stereocenters. The van der Waals surface area contributed by atoms with Crippen LogP contribution in [0.4, 0.5) is 4.39 Å². The van der Waals surface area contributed by atoms with Crippen LogP contribution in [0.3, 0.4) is 0 Å². The van der Waals surface area contributed by atoms with Crippen LogP contribution < -0.4 is 5.56 Å². The van der Waals surface area contributed by atoms with E-state index < -0.39 is 11.9 Å². The molecule has 3 aromatic carbocycles. The van der Waals surface area contributed by atoms with Gasteiger partial charge < -0.3 is 4.90 Å². The monoisotopic (exact) mass is 485 g/mol. The zero-order valence-electron chi connectivity index (χ0n) is 21.1. The summed E-state index contributed by atoms with van der Waals surface area (Å²) in [7, 11) is 0. The second-order valence-electron chi connectivity index (χ2n) is 9.21. The van der Waals surface area contributed by atoms with E-state index in [-0.39, 0.29) is 11.5 Å². The minimum absolute atomic E-state index is 0.175. The van der Waals surface area contributed by atoms with Gasteiger partial charge in [0.15, 0.2) is 0 Å². The number of halogens is 1. The number of nitrogens with zero attached hydrogens (tertiary/aromatic N) is 3. The van der Waals surface area contributed by atoms with Crippen molar-refractivity contribution < 1.29 is 9.18 Å². The number of fused-ring (bicyclic) bond motifs is 1. The summed E-state index contributed by atoms with van der Waals surface area (Å²) in [6, 6.07) is 20.1. The SMILES string of the molecule is CCCCCCN(C(=O)c1ccc(F)cc1)C(C)c1nc2ccccc2c(=O)n1-c1ccc(C)cc1. The fraction of sp³-hybridized carbons (Fsp3) is 0.300. The maximum atomic E-state index is 13.7. The van der Waals surface area contributed by atoms with Crippen LogP contribution in [0.2, 0.25) is 0 Å². The molecule has 6 heteroatoms. The highest BCUT2D eigenvalue weighted by atomic mass is 19.1. The average molecular weight is 486 g/mol. The minimum Gasteiger partial charge on any atom is -0.329 e. The third kappa shape index (κ3) is 5.38. The van der Waals surface area contributed by atoms with E-state index in [0.717, 1.165) is 31.2 Å². The molecule has 0 saturated heterocycles. The first-order chi connectivity index (χ1) is 17.4. The molecule has 4 aromatic rings. The second-order valence-corrected chi connectivity index (χ2v) is 9.21. The van der Waals surface area contributed by atoms with E-state index in [1.165, 1.54) is 24.3 Å². The smallest absolute Gasteiger partial charge is 0.266 e. The van der Waals surface area contributed by atoms with E-state index in [0.29, 0.717) is 34.5 Å². The lowest BCUT2D eigenvalue weighted by Gasteiger charge is -2.31. The third-order valence-electron chi connectivity index (χ3n) is 6.54. The first-order valence-electron chi connectivity index (χ1n) is 12.6. The summed E-state index contributed by atoms with van der Waals surface area (Å²) in [6.07, 6.45) is 3.98. The maximum Gasteiger partial charge on any atom is 0.266 e. The number of hydrogen-bond acceptors (Lipinski definition) is 3. The number of hydrogen-bond donors (Lipinski definition) is 0. The Balaban J connectivity index is 1.84. The van der Waals surface area contributed by atoms with Crippen LogP contribution >= 0.6 is 0 Å². The van der Waals surface area contributed by atoms with Gasteiger partial charge in [-0.1, -0.05) is 56.0 Å². The van der Waals surface area contributed by atoms with Crippen molar-refractivity contribution in [3.8, 4) is 5.69 Å². The number of benzene rings is 3. The number of aryl methyl sites for hydroxylation is 1. The number of carbonyl (C=O) groups is 1. The molecule has 1 amide bonds. The summed E-state index contributed by atoms with van der Waals surface area (Å²) >= 11 is 0. The molecule has 0 N–H and O–H groups in total. The van der Waals surface area contributed by atoms with Gasteiger partial charge in [0.1, 0.15) is 11.6 Å². The molecular weight excluding hydrogens is 453 g/mol. The lowest BCUT2D eigenvalue weighted by molar-refractivity contribution is 0.0677. The molecule has 36 heavy (non-hydrogen) atoms. The van der Waals surface area contributed by atoms with Crippen molar-refractivity contribution in [2.45, 2.75) is 52.5 Å². The van der Waals surface area contributed by atoms with E-state index in [9.17, 15) is 14.0 Å². The molecule has 0 saturated carbocycles. The molecule has 0 aliphatic heterocycles. The van der Waals surface area contributed by atoms with Gasteiger partial charge in [0, 0.05) is 12.1 Å². The number of unbranched alkanes of at least 4 members (excludes halogenated alkanes) is 3. The van der Waals surface area contributed by atoms with E-state index >= 15 is 0 Å². The molecule has 1 unspecified atom stereocenters. The van der Waals surface area contributed by atoms with Gasteiger partial charge in [-0.05, 0) is 68.8 Å². The predicted molar refractivity (Wildman–Crippen MR) is 142 cm³/mol. The highest BCUT2D eigenvalue weighted by Crippen LogP contribution is 2.25. The third-order valence-corrected chi connectivity index (χ3v) is 6.54. The van der Waals surface area contributed by atoms with Crippen molar-refractivity contribution in [3.63, 3.8) is 0 Å². The van der Waals surface area contributed by atoms with Crippen LogP contribution in [-0.2, 0) is 0 Å². The lowest BCUT2D eigenvalue weighted by atomic mass is 10.1. The van der Waals surface area contributed by atoms with Crippen LogP contribution in [0.1, 0.15) is 67.3 Å². The summed E-state index contributed by atoms with van der Waals surface area (Å²) in [4.78, 5) is 34.0. The number of amides is 1. The summed E-state index contributed by atoms with van der Waals surface area (Å²) in [5, 5.41) is 0.522. The van der Waals surface area contributed by atoms with Gasteiger partial charge in [-0.3, -0.25) is 14.2 Å². The quantitative estimate of drug-likeness (QED) is 0.251. The molecular formula is C30H32FN3O2. The van der Waals surface area contributed by atoms with Gasteiger partial charge in [0.2, 0.25) is 0 Å². The summed E-state index contributed by atoms with van der Waals surface area (Å²) in [6.45, 7) is 6.55. The highest BCUT2D eigenvalue weighted by Gasteiger charge is 2.27. The zero-order chi connectivity index (χ0) is 25.7. The Bertz CT molecular complexity index is 1390. The van der Waals surface area contributed by atoms with Crippen LogP contribution in [-0.4, -0.2) is 26.9 Å². The van der Waals surface area contributed by atoms with E-state index in [2.05, 4.69) is 6.92 Å². The summed E-state index contributed by atoms with van der Waals surface area (Å²) in [5.74, 6) is -0.108. The molecule has 1 heterocycles. The first-order valence-corrected chi connectivity index (χ1v) is 12.6. The maximum absolute atomic E-state index is 13.7. The molecule has 0 aliphatic carbocycles. The lowest BCUT2D eigenvalue weighted by Crippen LogP contribution is -2.38. The Morgan fingerprint density at radius 2 is 1.67 bits per heavy atom. The largest absolute Gasteiger partial charge is 0.329 e. The van der Waals surface area contributed by atoms with E-state index in [1.54, 1.807) is 15.5 Å². The average Bonchev–Trinajstić information content (AvgIpc) is 2.89. The molecule has 186 valence electrons. The van der Waals surface area contributed by atoms with E-state index in [1.807, 2.05) is 56.3 Å². The van der Waals surface area contributed by atoms with Crippen molar-refractivity contribution in [2.24, 2.45) is 0 Å². The molecule has 0 aliphatic rings. The fourth-order valence-electron chi connectivity index (χ4n) is 4.45. The summed E-state index contributed by atoms with van der Waals surface area (Å²) < 4.78 is 15.2. The van der Waals surface area contributed by atoms with Gasteiger partial charge in [0.05, 0.1) is 22.6 Å². The molecule has 5 nitrogen and oxygen atoms in total. The molecule has 0 radical (unpaired) electrons. The fourth-order valence-corrected chi connectivity index (χ4v) is 4.45. The Hall–Kier alpha value is -3.80. The van der Waals surface area contributed by atoms with Crippen molar-refractivity contribution in [1.29, 1.82) is 0 Å². The second kappa shape index (κ2) is 11.3. The molecule has 4 rings (SSSR count). The Kier molecular flexibility index (Phi) is 7.93. The van der Waals surface area contributed by atoms with Gasteiger partial charge >= 0.3 is 0 Å². The van der Waals surface area contributed by atoms with Crippen LogP contribution in [0, 0.1) is 12.7 Å². The van der Waals surface area contributed by atoms with Crippen molar-refractivity contribution in [3.05, 3.63) is 106 Å². The van der Waals surface area contributed by atoms with Crippen LogP contribution in [0.5, 0.6) is 0 Å². The zero-order valence-corrected chi connectivity index (χ0v) is 21.1. The van der Waals surface area contributed by atoms with E-state index in [4.69, 9.17) is 4.98 Å². The number of aromatic nitrogens is 2. The normalized spacial score (nSPS) is 12.0. The Labute approximate surface area is 211 Å². The predicted octanol–water partition coefficient (Wildman–Crippen LogP) is 6.62. The number of rotatable bonds is 9. The van der Waals surface area contributed by atoms with Gasteiger partial charge in [-0.15, -0.1) is 0 Å². The number of carbonyl (C=O) groups excluding carboxylic acids is 1. The highest BCUT2D eigenvalue weighted by molar-refractivity contribution is 5.94. The van der Waals surface area contributed by atoms with Gasteiger partial charge in [0.25, 0.3) is 11.5 Å². The minimum atomic E-state index is -0.497. The van der Waals surface area contributed by atoms with Gasteiger partial charge in [-0.25, -0.2) is 9.37 Å². The topological polar surface area (TPSA) is 55.2 Å². The summed E-state index contributed by atoms with van der Waals surface area (Å²) in [5.41, 5.74) is 2.60. The van der Waals surface area contributed by atoms with Gasteiger partial charge in [-0.2, -0.15) is 0 Å². The van der Waals surface area contributed by atoms with Crippen molar-refractivity contribution in [2.75, 3.05) is 6.54 Å². The van der Waals surface area contributed by atoms with Crippen LogP contribution in [0.15, 0.2) is 77.6 Å². The Morgan fingerprint density at radius 1 is 0.972 bits per heavy atom. The van der Waals surface area contributed by atoms with Crippen molar-refractivity contribution >= 4 is 16.8 Å². The molecule has 0 bridgehead atoms. The molecule has 0 fully saturated rings. The Morgan fingerprint density at radius 3 is 2.36 bits per heavy atom. The standard InChI is InChI=1S/C30H32FN3O2/c1-4-5-6-9-20-33(29(35)23-14-16-24(31)17-15-23)22(3)28-32-27-11-8-7-10-26(27)30(36)34(28)25-18-12-21(2)13-19-25/h7-8,10-19,22H,4-6,9,20H2,1-3H3. The first kappa shape index (κ1) is 25.3. The van der Waals surface area contributed by atoms with Crippen molar-refractivity contribution in [1.82, 2.24) is 14.5 Å². The molecule has 1 aromatic heterocycles.